The molecule has 98 valence electrons. The van der Waals surface area contributed by atoms with Gasteiger partial charge in [-0.2, -0.15) is 0 Å². The van der Waals surface area contributed by atoms with E-state index in [1.807, 2.05) is 0 Å². The molecule has 0 radical (unpaired) electrons. The van der Waals surface area contributed by atoms with Crippen LogP contribution in [0.4, 0.5) is 0 Å². The quantitative estimate of drug-likeness (QED) is 0.723. The molecular formula is C13H17NO4. The number of carbonyl (C=O) groups excluding carboxylic acids is 1. The van der Waals surface area contributed by atoms with Crippen molar-refractivity contribution in [1.82, 2.24) is 5.32 Å². The normalized spacial score (nSPS) is 16.7. The molecule has 1 aliphatic rings. The van der Waals surface area contributed by atoms with E-state index in [4.69, 9.17) is 4.74 Å². The Kier molecular flexibility index (Phi) is 3.72. The molecule has 0 unspecified atom stereocenters. The highest BCUT2D eigenvalue weighted by atomic mass is 16.5. The number of benzene rings is 1. The van der Waals surface area contributed by atoms with E-state index in [2.05, 4.69) is 5.32 Å². The van der Waals surface area contributed by atoms with Crippen molar-refractivity contribution >= 4 is 5.91 Å². The third-order valence-corrected chi connectivity index (χ3v) is 3.24. The fourth-order valence-electron chi connectivity index (χ4n) is 1.98. The maximum absolute atomic E-state index is 11.7. The zero-order valence-electron chi connectivity index (χ0n) is 10.1. The van der Waals surface area contributed by atoms with Crippen molar-refractivity contribution in [2.24, 2.45) is 0 Å². The second-order valence-electron chi connectivity index (χ2n) is 4.60. The lowest BCUT2D eigenvalue weighted by Crippen LogP contribution is -2.57. The highest BCUT2D eigenvalue weighted by Crippen LogP contribution is 2.31. The van der Waals surface area contributed by atoms with E-state index < -0.39 is 5.54 Å². The molecule has 1 saturated carbocycles. The predicted octanol–water partition coefficient (Wildman–Crippen LogP) is 0.802. The molecule has 0 aromatic heterocycles. The van der Waals surface area contributed by atoms with E-state index in [1.165, 1.54) is 6.07 Å². The lowest BCUT2D eigenvalue weighted by atomic mass is 9.77. The van der Waals surface area contributed by atoms with Gasteiger partial charge >= 0.3 is 0 Å². The number of hydrogen-bond acceptors (Lipinski definition) is 4. The minimum absolute atomic E-state index is 0.00538. The molecule has 1 amide bonds. The molecule has 5 nitrogen and oxygen atoms in total. The summed E-state index contributed by atoms with van der Waals surface area (Å²) < 4.78 is 5.21. The standard InChI is InChI=1S/C13H17NO4/c15-9-13(6-3-7-13)14-12(17)8-18-11-5-2-1-4-10(11)16/h1-2,4-5,15-16H,3,6-9H2,(H,14,17). The lowest BCUT2D eigenvalue weighted by molar-refractivity contribution is -0.127. The molecule has 1 aromatic rings. The van der Waals surface area contributed by atoms with Gasteiger partial charge in [-0.15, -0.1) is 0 Å². The summed E-state index contributed by atoms with van der Waals surface area (Å²) in [4.78, 5) is 11.7. The summed E-state index contributed by atoms with van der Waals surface area (Å²) >= 11 is 0. The number of phenolic OH excluding ortho intramolecular Hbond substituents is 1. The lowest BCUT2D eigenvalue weighted by Gasteiger charge is -2.40. The number of rotatable bonds is 5. The third kappa shape index (κ3) is 2.73. The summed E-state index contributed by atoms with van der Waals surface area (Å²) in [5, 5.41) is 21.5. The molecule has 1 aromatic carbocycles. The van der Waals surface area contributed by atoms with E-state index >= 15 is 0 Å². The Labute approximate surface area is 105 Å². The fraction of sp³-hybridized carbons (Fsp3) is 0.462. The van der Waals surface area contributed by atoms with Crippen molar-refractivity contribution in [3.8, 4) is 11.5 Å². The summed E-state index contributed by atoms with van der Waals surface area (Å²) in [6.45, 7) is -0.214. The molecule has 0 heterocycles. The van der Waals surface area contributed by atoms with Crippen LogP contribution in [0.2, 0.25) is 0 Å². The highest BCUT2D eigenvalue weighted by Gasteiger charge is 2.37. The van der Waals surface area contributed by atoms with Gasteiger partial charge in [0, 0.05) is 0 Å². The van der Waals surface area contributed by atoms with Gasteiger partial charge < -0.3 is 20.3 Å². The largest absolute Gasteiger partial charge is 0.504 e. The van der Waals surface area contributed by atoms with Crippen LogP contribution in [0.3, 0.4) is 0 Å². The molecule has 0 aliphatic heterocycles. The van der Waals surface area contributed by atoms with Gasteiger partial charge in [-0.25, -0.2) is 0 Å². The Morgan fingerprint density at radius 3 is 2.67 bits per heavy atom. The van der Waals surface area contributed by atoms with Crippen LogP contribution in [0, 0.1) is 0 Å². The van der Waals surface area contributed by atoms with Crippen molar-refractivity contribution in [3.05, 3.63) is 24.3 Å². The minimum atomic E-state index is -0.459. The minimum Gasteiger partial charge on any atom is -0.504 e. The number of aromatic hydroxyl groups is 1. The van der Waals surface area contributed by atoms with Gasteiger partial charge in [0.15, 0.2) is 18.1 Å². The van der Waals surface area contributed by atoms with Crippen LogP contribution >= 0.6 is 0 Å². The Morgan fingerprint density at radius 1 is 1.39 bits per heavy atom. The maximum atomic E-state index is 11.7. The van der Waals surface area contributed by atoms with Gasteiger partial charge in [0.1, 0.15) is 0 Å². The number of aliphatic hydroxyl groups excluding tert-OH is 1. The number of hydrogen-bond donors (Lipinski definition) is 3. The van der Waals surface area contributed by atoms with Crippen LogP contribution in [0.1, 0.15) is 19.3 Å². The molecule has 1 fully saturated rings. The molecule has 1 aliphatic carbocycles. The van der Waals surface area contributed by atoms with Gasteiger partial charge in [-0.3, -0.25) is 4.79 Å². The number of ether oxygens (including phenoxy) is 1. The predicted molar refractivity (Wildman–Crippen MR) is 65.4 cm³/mol. The van der Waals surface area contributed by atoms with Crippen molar-refractivity contribution in [3.63, 3.8) is 0 Å². The molecule has 2 rings (SSSR count). The Hall–Kier alpha value is -1.75. The maximum Gasteiger partial charge on any atom is 0.258 e. The van der Waals surface area contributed by atoms with Gasteiger partial charge in [0.25, 0.3) is 5.91 Å². The average Bonchev–Trinajstić information content (AvgIpc) is 2.33. The van der Waals surface area contributed by atoms with Crippen molar-refractivity contribution < 1.29 is 19.7 Å². The summed E-state index contributed by atoms with van der Waals surface area (Å²) in [6, 6.07) is 6.48. The van der Waals surface area contributed by atoms with Crippen LogP contribution in [-0.4, -0.2) is 34.9 Å². The Morgan fingerprint density at radius 2 is 2.11 bits per heavy atom. The highest BCUT2D eigenvalue weighted by molar-refractivity contribution is 5.78. The number of carbonyl (C=O) groups is 1. The molecule has 18 heavy (non-hydrogen) atoms. The van der Waals surface area contributed by atoms with Gasteiger partial charge in [0.05, 0.1) is 12.1 Å². The van der Waals surface area contributed by atoms with E-state index in [9.17, 15) is 15.0 Å². The van der Waals surface area contributed by atoms with Crippen molar-refractivity contribution in [1.29, 1.82) is 0 Å². The monoisotopic (exact) mass is 251 g/mol. The smallest absolute Gasteiger partial charge is 0.258 e. The van der Waals surface area contributed by atoms with E-state index in [0.29, 0.717) is 0 Å². The van der Waals surface area contributed by atoms with Gasteiger partial charge in [-0.1, -0.05) is 12.1 Å². The summed E-state index contributed by atoms with van der Waals surface area (Å²) in [7, 11) is 0. The van der Waals surface area contributed by atoms with Crippen LogP contribution in [0.25, 0.3) is 0 Å². The summed E-state index contributed by atoms with van der Waals surface area (Å²) in [5.74, 6) is -0.00266. The first kappa shape index (κ1) is 12.7. The summed E-state index contributed by atoms with van der Waals surface area (Å²) in [6.07, 6.45) is 2.61. The first-order chi connectivity index (χ1) is 8.65. The van der Waals surface area contributed by atoms with E-state index in [0.717, 1.165) is 19.3 Å². The molecule has 0 bridgehead atoms. The fourth-order valence-corrected chi connectivity index (χ4v) is 1.98. The number of nitrogens with one attached hydrogen (secondary N) is 1. The van der Waals surface area contributed by atoms with Gasteiger partial charge in [0.2, 0.25) is 0 Å². The van der Waals surface area contributed by atoms with Crippen LogP contribution in [0.15, 0.2) is 24.3 Å². The number of aliphatic hydroxyl groups is 1. The van der Waals surface area contributed by atoms with Crippen LogP contribution in [0.5, 0.6) is 11.5 Å². The van der Waals surface area contributed by atoms with Crippen LogP contribution in [-0.2, 0) is 4.79 Å². The second-order valence-corrected chi connectivity index (χ2v) is 4.60. The molecule has 5 heteroatoms. The van der Waals surface area contributed by atoms with E-state index in [-0.39, 0.29) is 30.6 Å². The van der Waals surface area contributed by atoms with Crippen molar-refractivity contribution in [2.45, 2.75) is 24.8 Å². The summed E-state index contributed by atoms with van der Waals surface area (Å²) in [5.41, 5.74) is -0.459. The number of phenols is 1. The first-order valence-corrected chi connectivity index (χ1v) is 5.98. The topological polar surface area (TPSA) is 78.8 Å². The molecule has 3 N–H and O–H groups in total. The zero-order chi connectivity index (χ0) is 13.0. The third-order valence-electron chi connectivity index (χ3n) is 3.24. The zero-order valence-corrected chi connectivity index (χ0v) is 10.1. The van der Waals surface area contributed by atoms with E-state index in [1.54, 1.807) is 18.2 Å². The molecule has 0 spiro atoms. The molecule has 0 atom stereocenters. The van der Waals surface area contributed by atoms with Gasteiger partial charge in [-0.05, 0) is 31.4 Å². The second kappa shape index (κ2) is 5.27. The number of para-hydroxylation sites is 2. The average molecular weight is 251 g/mol. The first-order valence-electron chi connectivity index (χ1n) is 5.98. The Bertz CT molecular complexity index is 423. The SMILES string of the molecule is O=C(COc1ccccc1O)NC1(CO)CCC1. The van der Waals surface area contributed by atoms with Crippen molar-refractivity contribution in [2.75, 3.05) is 13.2 Å². The molecule has 0 saturated heterocycles. The number of amides is 1. The molecular weight excluding hydrogens is 234 g/mol. The Balaban J connectivity index is 1.83. The van der Waals surface area contributed by atoms with Crippen LogP contribution < -0.4 is 10.1 Å².